The second-order valence-corrected chi connectivity index (χ2v) is 8.22. The molecule has 7 nitrogen and oxygen atoms in total. The van der Waals surface area contributed by atoms with E-state index in [4.69, 9.17) is 4.42 Å². The summed E-state index contributed by atoms with van der Waals surface area (Å²) in [6.07, 6.45) is 2.70. The normalized spacial score (nSPS) is 11.5. The molecule has 0 aliphatic rings. The molecule has 0 atom stereocenters. The molecule has 2 aromatic heterocycles. The third-order valence-electron chi connectivity index (χ3n) is 4.17. The number of aromatic nitrogens is 4. The fourth-order valence-corrected chi connectivity index (χ4v) is 3.70. The summed E-state index contributed by atoms with van der Waals surface area (Å²) in [7, 11) is -3.42. The van der Waals surface area contributed by atoms with Gasteiger partial charge in [0.1, 0.15) is 5.69 Å². The Labute approximate surface area is 162 Å². The number of hydrogen-bond donors (Lipinski definition) is 0. The average Bonchev–Trinajstić information content (AvgIpc) is 3.18. The molecule has 0 saturated heterocycles. The first kappa shape index (κ1) is 18.0. The van der Waals surface area contributed by atoms with Crippen LogP contribution in [0.15, 0.2) is 70.1 Å². The van der Waals surface area contributed by atoms with Gasteiger partial charge in [-0.1, -0.05) is 36.4 Å². The Balaban J connectivity index is 1.81. The fourth-order valence-electron chi connectivity index (χ4n) is 2.80. The van der Waals surface area contributed by atoms with Crippen molar-refractivity contribution in [1.82, 2.24) is 20.2 Å². The van der Waals surface area contributed by atoms with Gasteiger partial charge >= 0.3 is 0 Å². The van der Waals surface area contributed by atoms with Gasteiger partial charge in [0.05, 0.1) is 22.5 Å². The van der Waals surface area contributed by atoms with Crippen LogP contribution in [0, 0.1) is 6.92 Å². The van der Waals surface area contributed by atoms with Crippen LogP contribution in [0.25, 0.3) is 34.3 Å². The summed E-state index contributed by atoms with van der Waals surface area (Å²) in [5.41, 5.74) is 2.70. The van der Waals surface area contributed by atoms with Crippen molar-refractivity contribution < 1.29 is 12.8 Å². The van der Waals surface area contributed by atoms with Crippen molar-refractivity contribution in [3.8, 4) is 34.3 Å². The van der Waals surface area contributed by atoms with E-state index in [-0.39, 0.29) is 10.8 Å². The summed E-state index contributed by atoms with van der Waals surface area (Å²) in [6, 6.07) is 16.1. The fraction of sp³-hybridized carbons (Fsp3) is 0.100. The molecule has 0 N–H and O–H groups in total. The summed E-state index contributed by atoms with van der Waals surface area (Å²) < 4.78 is 30.0. The van der Waals surface area contributed by atoms with Crippen LogP contribution < -0.4 is 0 Å². The Kier molecular flexibility index (Phi) is 4.48. The summed E-state index contributed by atoms with van der Waals surface area (Å²) in [4.78, 5) is 9.11. The highest BCUT2D eigenvalue weighted by molar-refractivity contribution is 7.90. The molecule has 2 aromatic carbocycles. The quantitative estimate of drug-likeness (QED) is 0.523. The zero-order chi connectivity index (χ0) is 19.7. The van der Waals surface area contributed by atoms with Crippen LogP contribution in [-0.4, -0.2) is 34.8 Å². The largest absolute Gasteiger partial charge is 0.415 e. The second kappa shape index (κ2) is 6.97. The van der Waals surface area contributed by atoms with Gasteiger partial charge in [-0.15, -0.1) is 10.2 Å². The smallest absolute Gasteiger partial charge is 0.268 e. The Morgan fingerprint density at radius 1 is 0.893 bits per heavy atom. The van der Waals surface area contributed by atoms with Crippen molar-refractivity contribution in [2.45, 2.75) is 11.8 Å². The van der Waals surface area contributed by atoms with Crippen LogP contribution in [0.4, 0.5) is 0 Å². The van der Waals surface area contributed by atoms with Gasteiger partial charge in [0.25, 0.3) is 5.89 Å². The van der Waals surface area contributed by atoms with Gasteiger partial charge in [-0.2, -0.15) is 0 Å². The minimum Gasteiger partial charge on any atom is -0.415 e. The Morgan fingerprint density at radius 2 is 1.57 bits per heavy atom. The molecule has 0 radical (unpaired) electrons. The number of nitrogens with zero attached hydrogens (tertiary/aromatic N) is 4. The van der Waals surface area contributed by atoms with E-state index in [1.165, 1.54) is 12.5 Å². The maximum Gasteiger partial charge on any atom is 0.268 e. The third-order valence-corrected chi connectivity index (χ3v) is 5.32. The van der Waals surface area contributed by atoms with E-state index in [1.807, 2.05) is 30.3 Å². The van der Waals surface area contributed by atoms with Crippen LogP contribution in [0.5, 0.6) is 0 Å². The molecule has 0 aliphatic heterocycles. The van der Waals surface area contributed by atoms with E-state index < -0.39 is 9.84 Å². The molecule has 28 heavy (non-hydrogen) atoms. The number of sulfone groups is 1. The van der Waals surface area contributed by atoms with E-state index >= 15 is 0 Å². The van der Waals surface area contributed by atoms with Crippen LogP contribution in [0.1, 0.15) is 5.69 Å². The highest BCUT2D eigenvalue weighted by Crippen LogP contribution is 2.29. The lowest BCUT2D eigenvalue weighted by Crippen LogP contribution is -2.02. The first-order valence-corrected chi connectivity index (χ1v) is 10.3. The molecule has 0 amide bonds. The highest BCUT2D eigenvalue weighted by Gasteiger charge is 2.19. The number of rotatable bonds is 4. The minimum atomic E-state index is -3.42. The molecule has 0 fully saturated rings. The first-order chi connectivity index (χ1) is 13.4. The van der Waals surface area contributed by atoms with Crippen molar-refractivity contribution in [1.29, 1.82) is 0 Å². The van der Waals surface area contributed by atoms with Gasteiger partial charge in [-0.05, 0) is 25.1 Å². The monoisotopic (exact) mass is 392 g/mol. The molecule has 0 bridgehead atoms. The molecule has 8 heteroatoms. The van der Waals surface area contributed by atoms with Crippen LogP contribution in [0.2, 0.25) is 0 Å². The number of benzene rings is 2. The lowest BCUT2D eigenvalue weighted by Gasteiger charge is -2.08. The van der Waals surface area contributed by atoms with Crippen LogP contribution in [0.3, 0.4) is 0 Å². The Morgan fingerprint density at radius 3 is 2.32 bits per heavy atom. The molecular formula is C20H16N4O3S. The highest BCUT2D eigenvalue weighted by atomic mass is 32.2. The number of aryl methyl sites for hydroxylation is 1. The van der Waals surface area contributed by atoms with E-state index in [0.29, 0.717) is 28.5 Å². The van der Waals surface area contributed by atoms with Gasteiger partial charge < -0.3 is 4.42 Å². The van der Waals surface area contributed by atoms with Gasteiger partial charge in [0, 0.05) is 17.4 Å². The summed E-state index contributed by atoms with van der Waals surface area (Å²) in [5.74, 6) is 0.598. The summed E-state index contributed by atoms with van der Waals surface area (Å²) >= 11 is 0. The van der Waals surface area contributed by atoms with Gasteiger partial charge in [0.2, 0.25) is 5.89 Å². The van der Waals surface area contributed by atoms with Crippen molar-refractivity contribution >= 4 is 9.84 Å². The Bertz CT molecular complexity index is 1250. The standard InChI is InChI=1S/C20H16N4O3S/c1-13-18(20-24-23-19(27-20)14-8-4-3-5-9-14)22-16(12-21-13)15-10-6-7-11-17(15)28(2,25)26/h3-12H,1-2H3. The van der Waals surface area contributed by atoms with E-state index in [9.17, 15) is 8.42 Å². The zero-order valence-electron chi connectivity index (χ0n) is 15.2. The maximum absolute atomic E-state index is 12.1. The van der Waals surface area contributed by atoms with E-state index in [0.717, 1.165) is 5.56 Å². The van der Waals surface area contributed by atoms with Crippen LogP contribution in [-0.2, 0) is 9.84 Å². The van der Waals surface area contributed by atoms with Crippen molar-refractivity contribution in [2.75, 3.05) is 6.26 Å². The number of hydrogen-bond acceptors (Lipinski definition) is 7. The van der Waals surface area contributed by atoms with Gasteiger partial charge in [0.15, 0.2) is 9.84 Å². The topological polar surface area (TPSA) is 98.8 Å². The van der Waals surface area contributed by atoms with E-state index in [1.54, 1.807) is 31.2 Å². The maximum atomic E-state index is 12.1. The molecular weight excluding hydrogens is 376 g/mol. The molecule has 0 aliphatic carbocycles. The van der Waals surface area contributed by atoms with Crippen LogP contribution >= 0.6 is 0 Å². The average molecular weight is 392 g/mol. The summed E-state index contributed by atoms with van der Waals surface area (Å²) in [6.45, 7) is 1.78. The first-order valence-electron chi connectivity index (χ1n) is 8.46. The zero-order valence-corrected chi connectivity index (χ0v) is 16.0. The molecule has 2 heterocycles. The lowest BCUT2D eigenvalue weighted by atomic mass is 10.1. The molecule has 0 spiro atoms. The molecule has 0 unspecified atom stereocenters. The SMILES string of the molecule is Cc1ncc(-c2ccccc2S(C)(=O)=O)nc1-c1nnc(-c2ccccc2)o1. The van der Waals surface area contributed by atoms with E-state index in [2.05, 4.69) is 20.2 Å². The predicted octanol–water partition coefficient (Wildman–Crippen LogP) is 3.57. The van der Waals surface area contributed by atoms with Crippen molar-refractivity contribution in [3.63, 3.8) is 0 Å². The molecule has 4 aromatic rings. The molecule has 0 saturated carbocycles. The molecule has 140 valence electrons. The predicted molar refractivity (Wildman–Crippen MR) is 104 cm³/mol. The van der Waals surface area contributed by atoms with Gasteiger partial charge in [-0.3, -0.25) is 4.98 Å². The second-order valence-electron chi connectivity index (χ2n) is 6.24. The molecule has 4 rings (SSSR count). The third kappa shape index (κ3) is 3.41. The lowest BCUT2D eigenvalue weighted by molar-refractivity contribution is 0.581. The summed E-state index contributed by atoms with van der Waals surface area (Å²) in [5, 5.41) is 8.18. The van der Waals surface area contributed by atoms with Gasteiger partial charge in [-0.25, -0.2) is 13.4 Å². The van der Waals surface area contributed by atoms with Crippen molar-refractivity contribution in [2.24, 2.45) is 0 Å². The minimum absolute atomic E-state index is 0.189. The Hall–Kier alpha value is -3.39. The van der Waals surface area contributed by atoms with Crippen molar-refractivity contribution in [3.05, 3.63) is 66.5 Å².